The van der Waals surface area contributed by atoms with Crippen molar-refractivity contribution in [2.75, 3.05) is 20.8 Å². The van der Waals surface area contributed by atoms with Crippen LogP contribution in [0.4, 0.5) is 0 Å². The molecule has 4 rings (SSSR count). The Morgan fingerprint density at radius 2 is 2.25 bits per heavy atom. The fourth-order valence-electron chi connectivity index (χ4n) is 3.89. The molecule has 0 aromatic rings. The van der Waals surface area contributed by atoms with Crippen LogP contribution >= 0.6 is 0 Å². The van der Waals surface area contributed by atoms with E-state index in [0.29, 0.717) is 12.2 Å². The summed E-state index contributed by atoms with van der Waals surface area (Å²) in [4.78, 5) is 24.7. The second-order valence-electron chi connectivity index (χ2n) is 5.43. The van der Waals surface area contributed by atoms with Crippen LogP contribution in [0.25, 0.3) is 0 Å². The van der Waals surface area contributed by atoms with E-state index in [2.05, 4.69) is 0 Å². The average Bonchev–Trinajstić information content (AvgIpc) is 2.81. The first-order valence-electron chi connectivity index (χ1n) is 6.77. The van der Waals surface area contributed by atoms with Crippen LogP contribution in [0.15, 0.2) is 23.8 Å². The molecular weight excluding hydrogens is 260 g/mol. The topological polar surface area (TPSA) is 61.8 Å². The molecule has 3 aliphatic carbocycles. The van der Waals surface area contributed by atoms with Gasteiger partial charge in [0.05, 0.1) is 19.6 Å². The van der Waals surface area contributed by atoms with Gasteiger partial charge in [-0.15, -0.1) is 0 Å². The minimum Gasteiger partial charge on any atom is -0.466 e. The molecule has 0 unspecified atom stereocenters. The SMILES string of the molecule is C/C=C/[C@H]1[C@@H]2C(=O)[C@]3(OC)OC[C@H]1[C@@H]3C=C2C(=O)OC. The van der Waals surface area contributed by atoms with E-state index in [0.717, 1.165) is 0 Å². The Labute approximate surface area is 117 Å². The highest BCUT2D eigenvalue weighted by atomic mass is 16.7. The quantitative estimate of drug-likeness (QED) is 0.571. The smallest absolute Gasteiger partial charge is 0.334 e. The Morgan fingerprint density at radius 1 is 1.50 bits per heavy atom. The van der Waals surface area contributed by atoms with E-state index in [1.807, 2.05) is 25.2 Å². The molecule has 1 saturated heterocycles. The van der Waals surface area contributed by atoms with Crippen molar-refractivity contribution in [3.8, 4) is 0 Å². The molecule has 5 atom stereocenters. The van der Waals surface area contributed by atoms with Gasteiger partial charge in [-0.05, 0) is 12.8 Å². The van der Waals surface area contributed by atoms with Crippen molar-refractivity contribution < 1.29 is 23.8 Å². The lowest BCUT2D eigenvalue weighted by atomic mass is 9.57. The number of hydrogen-bond acceptors (Lipinski definition) is 5. The summed E-state index contributed by atoms with van der Waals surface area (Å²) in [5.41, 5.74) is 0.444. The summed E-state index contributed by atoms with van der Waals surface area (Å²) in [7, 11) is 2.81. The van der Waals surface area contributed by atoms with Gasteiger partial charge in [0.15, 0.2) is 0 Å². The summed E-state index contributed by atoms with van der Waals surface area (Å²) in [5.74, 6) is -2.41. The lowest BCUT2D eigenvalue weighted by Crippen LogP contribution is -2.59. The van der Waals surface area contributed by atoms with Crippen LogP contribution in [-0.2, 0) is 23.8 Å². The number of allylic oxidation sites excluding steroid dienone is 2. The Balaban J connectivity index is 2.13. The summed E-state index contributed by atoms with van der Waals surface area (Å²) in [5, 5.41) is 0. The first-order chi connectivity index (χ1) is 9.60. The second kappa shape index (κ2) is 4.53. The van der Waals surface area contributed by atoms with Gasteiger partial charge in [-0.1, -0.05) is 18.2 Å². The van der Waals surface area contributed by atoms with Crippen molar-refractivity contribution in [3.63, 3.8) is 0 Å². The zero-order valence-electron chi connectivity index (χ0n) is 11.8. The number of ketones is 1. The molecule has 4 aliphatic rings. The van der Waals surface area contributed by atoms with Crippen LogP contribution in [0, 0.1) is 23.7 Å². The zero-order valence-corrected chi connectivity index (χ0v) is 11.8. The van der Waals surface area contributed by atoms with Crippen molar-refractivity contribution in [1.82, 2.24) is 0 Å². The number of methoxy groups -OCH3 is 2. The van der Waals surface area contributed by atoms with Gasteiger partial charge in [0, 0.05) is 24.5 Å². The summed E-state index contributed by atoms with van der Waals surface area (Å²) in [6.45, 7) is 2.38. The maximum Gasteiger partial charge on any atom is 0.334 e. The molecule has 5 nitrogen and oxygen atoms in total. The minimum atomic E-state index is -1.20. The number of rotatable bonds is 3. The Kier molecular flexibility index (Phi) is 3.06. The van der Waals surface area contributed by atoms with Gasteiger partial charge in [-0.25, -0.2) is 4.79 Å². The van der Waals surface area contributed by atoms with Crippen LogP contribution in [0.1, 0.15) is 6.92 Å². The molecule has 4 bridgehead atoms. The summed E-state index contributed by atoms with van der Waals surface area (Å²) < 4.78 is 15.9. The summed E-state index contributed by atoms with van der Waals surface area (Å²) in [6.07, 6.45) is 5.73. The van der Waals surface area contributed by atoms with E-state index >= 15 is 0 Å². The first kappa shape index (κ1) is 13.5. The van der Waals surface area contributed by atoms with Crippen LogP contribution in [-0.4, -0.2) is 38.4 Å². The van der Waals surface area contributed by atoms with E-state index in [1.54, 1.807) is 0 Å². The molecule has 0 N–H and O–H groups in total. The highest BCUT2D eigenvalue weighted by molar-refractivity contribution is 6.04. The normalized spacial score (nSPS) is 42.1. The third kappa shape index (κ3) is 1.45. The molecule has 5 heteroatoms. The standard InChI is InChI=1S/C15H18O5/c1-4-5-8-10-7-20-15(19-3)11(10)6-9(14(17)18-2)12(8)13(15)16/h4-6,8,10-12H,7H2,1-3H3/b5-4+/t8-,10-,11+,12+,15-/m1/s1. The van der Waals surface area contributed by atoms with E-state index in [-0.39, 0.29) is 23.5 Å². The largest absolute Gasteiger partial charge is 0.466 e. The van der Waals surface area contributed by atoms with E-state index in [4.69, 9.17) is 14.2 Å². The van der Waals surface area contributed by atoms with Gasteiger partial charge >= 0.3 is 5.97 Å². The van der Waals surface area contributed by atoms with Crippen LogP contribution in [0.2, 0.25) is 0 Å². The first-order valence-corrected chi connectivity index (χ1v) is 6.77. The predicted octanol–water partition coefficient (Wildman–Crippen LogP) is 1.10. The number of hydrogen-bond donors (Lipinski definition) is 0. The molecule has 0 aromatic heterocycles. The number of Topliss-reactive ketones (excluding diaryl/α,β-unsaturated/α-hetero) is 1. The van der Waals surface area contributed by atoms with Gasteiger partial charge in [-0.2, -0.15) is 0 Å². The fraction of sp³-hybridized carbons (Fsp3) is 0.600. The molecule has 1 aliphatic heterocycles. The van der Waals surface area contributed by atoms with Crippen LogP contribution in [0.3, 0.4) is 0 Å². The zero-order chi connectivity index (χ0) is 14.5. The Bertz CT molecular complexity index is 520. The maximum absolute atomic E-state index is 12.8. The highest BCUT2D eigenvalue weighted by Crippen LogP contribution is 2.57. The maximum atomic E-state index is 12.8. The van der Waals surface area contributed by atoms with Gasteiger partial charge in [-0.3, -0.25) is 4.79 Å². The third-order valence-corrected chi connectivity index (χ3v) is 4.73. The fourth-order valence-corrected chi connectivity index (χ4v) is 3.89. The third-order valence-electron chi connectivity index (χ3n) is 4.73. The van der Waals surface area contributed by atoms with Gasteiger partial charge < -0.3 is 14.2 Å². The lowest BCUT2D eigenvalue weighted by Gasteiger charge is -2.47. The lowest BCUT2D eigenvalue weighted by molar-refractivity contribution is -0.217. The summed E-state index contributed by atoms with van der Waals surface area (Å²) in [6, 6.07) is 0. The monoisotopic (exact) mass is 278 g/mol. The van der Waals surface area contributed by atoms with Gasteiger partial charge in [0.2, 0.25) is 11.6 Å². The number of ether oxygens (including phenoxy) is 3. The molecule has 2 fully saturated rings. The molecular formula is C15H18O5. The Morgan fingerprint density at radius 3 is 2.85 bits per heavy atom. The molecule has 0 spiro atoms. The minimum absolute atomic E-state index is 0.0256. The van der Waals surface area contributed by atoms with Gasteiger partial charge in [0.25, 0.3) is 0 Å². The molecule has 0 aromatic carbocycles. The number of carbonyl (C=O) groups excluding carboxylic acids is 2. The summed E-state index contributed by atoms with van der Waals surface area (Å²) >= 11 is 0. The van der Waals surface area contributed by atoms with Crippen LogP contribution in [0.5, 0.6) is 0 Å². The van der Waals surface area contributed by atoms with Gasteiger partial charge in [0.1, 0.15) is 0 Å². The molecule has 1 heterocycles. The molecule has 0 amide bonds. The number of carbonyl (C=O) groups is 2. The van der Waals surface area contributed by atoms with Crippen molar-refractivity contribution >= 4 is 11.8 Å². The second-order valence-corrected chi connectivity index (χ2v) is 5.43. The Hall–Kier alpha value is -1.46. The molecule has 20 heavy (non-hydrogen) atoms. The van der Waals surface area contributed by atoms with Crippen molar-refractivity contribution in [3.05, 3.63) is 23.8 Å². The number of esters is 1. The van der Waals surface area contributed by atoms with Crippen molar-refractivity contribution in [1.29, 1.82) is 0 Å². The molecule has 0 radical (unpaired) electrons. The predicted molar refractivity (Wildman–Crippen MR) is 69.6 cm³/mol. The van der Waals surface area contributed by atoms with Crippen molar-refractivity contribution in [2.45, 2.75) is 12.7 Å². The van der Waals surface area contributed by atoms with Crippen LogP contribution < -0.4 is 0 Å². The van der Waals surface area contributed by atoms with E-state index < -0.39 is 17.7 Å². The van der Waals surface area contributed by atoms with E-state index in [1.165, 1.54) is 14.2 Å². The molecule has 108 valence electrons. The average molecular weight is 278 g/mol. The van der Waals surface area contributed by atoms with Crippen molar-refractivity contribution in [2.24, 2.45) is 23.7 Å². The van der Waals surface area contributed by atoms with E-state index in [9.17, 15) is 9.59 Å². The highest BCUT2D eigenvalue weighted by Gasteiger charge is 2.68. The molecule has 1 saturated carbocycles.